The van der Waals surface area contributed by atoms with Gasteiger partial charge in [-0.2, -0.15) is 0 Å². The Morgan fingerprint density at radius 3 is 2.27 bits per heavy atom. The number of hydrogen-bond acceptors (Lipinski definition) is 2. The van der Waals surface area contributed by atoms with Gasteiger partial charge in [-0.3, -0.25) is 0 Å². The summed E-state index contributed by atoms with van der Waals surface area (Å²) in [6, 6.07) is 0. The Hall–Kier alpha value is 0.920. The maximum absolute atomic E-state index is 9.15. The zero-order valence-electron chi connectivity index (χ0n) is 9.69. The van der Waals surface area contributed by atoms with E-state index in [-0.39, 0.29) is 0 Å². The molecule has 5 heteroatoms. The molecular formula is C10H23O2PS2. The van der Waals surface area contributed by atoms with Crippen molar-refractivity contribution in [3.05, 3.63) is 0 Å². The zero-order valence-corrected chi connectivity index (χ0v) is 12.2. The minimum Gasteiger partial charge on any atom is -0.338 e. The standard InChI is InChI=1S/C10H23O2PS2/c1-3-5-6-8-10(7-4-2)9-15-13(11,12)14/h10H,3-9H2,1-2H3,(H2,11,12,14). The fourth-order valence-corrected chi connectivity index (χ4v) is 4.11. The van der Waals surface area contributed by atoms with Crippen LogP contribution in [-0.4, -0.2) is 15.5 Å². The molecule has 0 aliphatic carbocycles. The molecule has 0 rings (SSSR count). The van der Waals surface area contributed by atoms with E-state index in [4.69, 9.17) is 9.79 Å². The van der Waals surface area contributed by atoms with Crippen molar-refractivity contribution in [1.29, 1.82) is 0 Å². The Kier molecular flexibility index (Phi) is 9.55. The van der Waals surface area contributed by atoms with E-state index in [1.165, 1.54) is 43.5 Å². The van der Waals surface area contributed by atoms with Crippen LogP contribution >= 0.6 is 17.1 Å². The highest BCUT2D eigenvalue weighted by Gasteiger charge is 2.14. The van der Waals surface area contributed by atoms with Crippen LogP contribution < -0.4 is 0 Å². The van der Waals surface area contributed by atoms with Crippen LogP contribution in [0.25, 0.3) is 0 Å². The number of rotatable bonds is 9. The normalized spacial score (nSPS) is 14.1. The van der Waals surface area contributed by atoms with Crippen molar-refractivity contribution in [1.82, 2.24) is 0 Å². The first-order valence-corrected chi connectivity index (χ1v) is 9.99. The average Bonchev–Trinajstić information content (AvgIpc) is 2.13. The van der Waals surface area contributed by atoms with Crippen molar-refractivity contribution in [3.8, 4) is 0 Å². The molecule has 0 amide bonds. The summed E-state index contributed by atoms with van der Waals surface area (Å²) >= 11 is 5.78. The third-order valence-corrected chi connectivity index (χ3v) is 5.75. The Morgan fingerprint density at radius 1 is 1.13 bits per heavy atom. The van der Waals surface area contributed by atoms with Gasteiger partial charge in [0.1, 0.15) is 0 Å². The third-order valence-electron chi connectivity index (χ3n) is 2.39. The lowest BCUT2D eigenvalue weighted by molar-refractivity contribution is 0.465. The van der Waals surface area contributed by atoms with E-state index < -0.39 is 5.69 Å². The van der Waals surface area contributed by atoms with Crippen molar-refractivity contribution in [2.45, 2.75) is 52.4 Å². The monoisotopic (exact) mass is 270 g/mol. The predicted octanol–water partition coefficient (Wildman–Crippen LogP) is 3.93. The summed E-state index contributed by atoms with van der Waals surface area (Å²) in [5.41, 5.74) is -3.03. The first-order chi connectivity index (χ1) is 6.99. The van der Waals surface area contributed by atoms with Crippen LogP contribution in [-0.2, 0) is 11.8 Å². The van der Waals surface area contributed by atoms with E-state index in [1.807, 2.05) is 0 Å². The molecule has 0 saturated heterocycles. The molecule has 0 bridgehead atoms. The van der Waals surface area contributed by atoms with Crippen LogP contribution in [0.1, 0.15) is 52.4 Å². The largest absolute Gasteiger partial charge is 0.338 e. The first-order valence-electron chi connectivity index (χ1n) is 5.69. The summed E-state index contributed by atoms with van der Waals surface area (Å²) in [6.07, 6.45) is 7.30. The lowest BCUT2D eigenvalue weighted by Gasteiger charge is -2.16. The van der Waals surface area contributed by atoms with Gasteiger partial charge in [0.25, 0.3) is 0 Å². The van der Waals surface area contributed by atoms with Gasteiger partial charge in [-0.25, -0.2) is 0 Å². The van der Waals surface area contributed by atoms with Gasteiger partial charge < -0.3 is 9.79 Å². The molecule has 0 aromatic carbocycles. The SMILES string of the molecule is CCCCCC(CCC)CSP(O)(O)=S. The average molecular weight is 270 g/mol. The lowest BCUT2D eigenvalue weighted by atomic mass is 9.99. The minimum absolute atomic E-state index is 0.605. The van der Waals surface area contributed by atoms with Crippen molar-refractivity contribution in [2.24, 2.45) is 5.92 Å². The molecule has 0 aromatic rings. The molecule has 92 valence electrons. The Bertz CT molecular complexity index is 194. The quantitative estimate of drug-likeness (QED) is 0.492. The van der Waals surface area contributed by atoms with Crippen LogP contribution in [0.15, 0.2) is 0 Å². The smallest absolute Gasteiger partial charge is 0.242 e. The second-order valence-corrected chi connectivity index (χ2v) is 10.0. The Balaban J connectivity index is 3.77. The van der Waals surface area contributed by atoms with Crippen LogP contribution in [0.4, 0.5) is 0 Å². The minimum atomic E-state index is -3.03. The highest BCUT2D eigenvalue weighted by atomic mass is 32.9. The van der Waals surface area contributed by atoms with Gasteiger partial charge in [-0.05, 0) is 30.6 Å². The van der Waals surface area contributed by atoms with Crippen molar-refractivity contribution < 1.29 is 9.79 Å². The summed E-state index contributed by atoms with van der Waals surface area (Å²) in [5, 5.41) is 0. The summed E-state index contributed by atoms with van der Waals surface area (Å²) in [7, 11) is 0. The van der Waals surface area contributed by atoms with Crippen LogP contribution in [0.2, 0.25) is 0 Å². The van der Waals surface area contributed by atoms with E-state index in [9.17, 15) is 0 Å². The molecule has 0 aromatic heterocycles. The molecule has 0 spiro atoms. The second kappa shape index (κ2) is 9.00. The topological polar surface area (TPSA) is 40.5 Å². The Morgan fingerprint density at radius 2 is 1.80 bits per heavy atom. The molecule has 0 saturated carbocycles. The van der Waals surface area contributed by atoms with Gasteiger partial charge in [0.2, 0.25) is 5.69 Å². The fraction of sp³-hybridized carbons (Fsp3) is 1.00. The van der Waals surface area contributed by atoms with Gasteiger partial charge >= 0.3 is 0 Å². The molecule has 1 unspecified atom stereocenters. The summed E-state index contributed by atoms with van der Waals surface area (Å²) < 4.78 is 0. The zero-order chi connectivity index (χ0) is 11.7. The van der Waals surface area contributed by atoms with E-state index in [0.29, 0.717) is 5.92 Å². The maximum Gasteiger partial charge on any atom is 0.242 e. The molecule has 15 heavy (non-hydrogen) atoms. The lowest BCUT2D eigenvalue weighted by Crippen LogP contribution is -2.03. The van der Waals surface area contributed by atoms with Gasteiger partial charge in [-0.15, -0.1) is 0 Å². The van der Waals surface area contributed by atoms with Gasteiger partial charge in [0, 0.05) is 5.75 Å². The van der Waals surface area contributed by atoms with Crippen LogP contribution in [0.5, 0.6) is 0 Å². The van der Waals surface area contributed by atoms with Crippen molar-refractivity contribution >= 4 is 28.9 Å². The number of hydrogen-bond donors (Lipinski definition) is 2. The summed E-state index contributed by atoms with van der Waals surface area (Å²) in [4.78, 5) is 18.3. The summed E-state index contributed by atoms with van der Waals surface area (Å²) in [5.74, 6) is 1.41. The van der Waals surface area contributed by atoms with Crippen LogP contribution in [0.3, 0.4) is 0 Å². The summed E-state index contributed by atoms with van der Waals surface area (Å²) in [6.45, 7) is 4.37. The second-order valence-electron chi connectivity index (χ2n) is 3.94. The predicted molar refractivity (Wildman–Crippen MR) is 73.7 cm³/mol. The molecule has 2 N–H and O–H groups in total. The van der Waals surface area contributed by atoms with Crippen molar-refractivity contribution in [3.63, 3.8) is 0 Å². The molecule has 0 heterocycles. The molecule has 0 aliphatic rings. The highest BCUT2D eigenvalue weighted by molar-refractivity contribution is 8.67. The van der Waals surface area contributed by atoms with E-state index in [2.05, 4.69) is 25.7 Å². The molecule has 0 radical (unpaired) electrons. The molecule has 0 fully saturated rings. The Labute approximate surface area is 103 Å². The van der Waals surface area contributed by atoms with Gasteiger partial charge in [-0.1, -0.05) is 50.9 Å². The number of unbranched alkanes of at least 4 members (excludes halogenated alkanes) is 2. The van der Waals surface area contributed by atoms with Crippen molar-refractivity contribution in [2.75, 3.05) is 5.75 Å². The van der Waals surface area contributed by atoms with Gasteiger partial charge in [0.05, 0.1) is 0 Å². The molecule has 0 aliphatic heterocycles. The van der Waals surface area contributed by atoms with E-state index in [0.717, 1.165) is 12.2 Å². The highest BCUT2D eigenvalue weighted by Crippen LogP contribution is 2.51. The maximum atomic E-state index is 9.15. The van der Waals surface area contributed by atoms with Crippen LogP contribution in [0, 0.1) is 5.92 Å². The van der Waals surface area contributed by atoms with Gasteiger partial charge in [0.15, 0.2) is 0 Å². The molecule has 1 atom stereocenters. The van der Waals surface area contributed by atoms with E-state index in [1.54, 1.807) is 0 Å². The first kappa shape index (κ1) is 15.9. The molecule has 2 nitrogen and oxygen atoms in total. The van der Waals surface area contributed by atoms with E-state index >= 15 is 0 Å². The fourth-order valence-electron chi connectivity index (χ4n) is 1.60. The molecular weight excluding hydrogens is 247 g/mol. The third kappa shape index (κ3) is 11.2.